The van der Waals surface area contributed by atoms with Gasteiger partial charge in [-0.3, -0.25) is 4.90 Å². The molecule has 1 aliphatic rings. The predicted molar refractivity (Wildman–Crippen MR) is 88.8 cm³/mol. The van der Waals surface area contributed by atoms with Gasteiger partial charge in [-0.25, -0.2) is 4.79 Å². The van der Waals surface area contributed by atoms with Gasteiger partial charge in [-0.1, -0.05) is 31.2 Å². The van der Waals surface area contributed by atoms with E-state index in [1.165, 1.54) is 11.1 Å². The van der Waals surface area contributed by atoms with Crippen LogP contribution in [0.5, 0.6) is 0 Å². The molecule has 1 unspecified atom stereocenters. The molecule has 0 aliphatic heterocycles. The van der Waals surface area contributed by atoms with Crippen LogP contribution in [0.3, 0.4) is 0 Å². The second-order valence-electron chi connectivity index (χ2n) is 6.30. The third-order valence-corrected chi connectivity index (χ3v) is 4.79. The number of likely N-dealkylation sites (N-methyl/N-ethyl adjacent to an activating group) is 1. The SMILES string of the molecule is CCc1oc(C(=O)O)cc1CN(C)C1CCc2ccccc2C1. The van der Waals surface area contributed by atoms with E-state index in [0.29, 0.717) is 12.5 Å². The van der Waals surface area contributed by atoms with Gasteiger partial charge in [0.15, 0.2) is 0 Å². The zero-order valence-electron chi connectivity index (χ0n) is 13.7. The summed E-state index contributed by atoms with van der Waals surface area (Å²) in [7, 11) is 2.12. The number of hydrogen-bond acceptors (Lipinski definition) is 3. The average molecular weight is 313 g/mol. The van der Waals surface area contributed by atoms with Gasteiger partial charge in [0.1, 0.15) is 5.76 Å². The Morgan fingerprint density at radius 1 is 1.35 bits per heavy atom. The molecule has 3 rings (SSSR count). The van der Waals surface area contributed by atoms with E-state index in [-0.39, 0.29) is 5.76 Å². The average Bonchev–Trinajstić information content (AvgIpc) is 2.97. The normalized spacial score (nSPS) is 17.3. The highest BCUT2D eigenvalue weighted by molar-refractivity contribution is 5.84. The largest absolute Gasteiger partial charge is 0.475 e. The second-order valence-corrected chi connectivity index (χ2v) is 6.30. The highest BCUT2D eigenvalue weighted by atomic mass is 16.4. The van der Waals surface area contributed by atoms with Crippen LogP contribution in [0.4, 0.5) is 0 Å². The van der Waals surface area contributed by atoms with Crippen molar-refractivity contribution in [1.82, 2.24) is 4.90 Å². The van der Waals surface area contributed by atoms with E-state index in [0.717, 1.165) is 37.1 Å². The molecule has 122 valence electrons. The summed E-state index contributed by atoms with van der Waals surface area (Å²) in [4.78, 5) is 13.4. The topological polar surface area (TPSA) is 53.7 Å². The standard InChI is InChI=1S/C19H23NO3/c1-3-17-15(11-18(23-17)19(21)22)12-20(2)16-9-8-13-6-4-5-7-14(13)10-16/h4-7,11,16H,3,8-10,12H2,1-2H3,(H,21,22). The van der Waals surface area contributed by atoms with Crippen LogP contribution in [0.2, 0.25) is 0 Å². The van der Waals surface area contributed by atoms with Crippen LogP contribution < -0.4 is 0 Å². The lowest BCUT2D eigenvalue weighted by atomic mass is 9.87. The van der Waals surface area contributed by atoms with Crippen molar-refractivity contribution in [2.45, 2.75) is 45.2 Å². The molecule has 1 aromatic heterocycles. The van der Waals surface area contributed by atoms with Gasteiger partial charge in [0.25, 0.3) is 0 Å². The number of carboxylic acid groups (broad SMARTS) is 1. The minimum absolute atomic E-state index is 0.0410. The maximum absolute atomic E-state index is 11.1. The monoisotopic (exact) mass is 313 g/mol. The van der Waals surface area contributed by atoms with Crippen LogP contribution in [0.15, 0.2) is 34.7 Å². The molecule has 0 amide bonds. The molecule has 1 aromatic carbocycles. The van der Waals surface area contributed by atoms with E-state index in [4.69, 9.17) is 9.52 Å². The third-order valence-electron chi connectivity index (χ3n) is 4.79. The van der Waals surface area contributed by atoms with Crippen LogP contribution >= 0.6 is 0 Å². The van der Waals surface area contributed by atoms with Crippen molar-refractivity contribution >= 4 is 5.97 Å². The minimum Gasteiger partial charge on any atom is -0.475 e. The molecule has 0 spiro atoms. The summed E-state index contributed by atoms with van der Waals surface area (Å²) < 4.78 is 5.44. The predicted octanol–water partition coefficient (Wildman–Crippen LogP) is 3.53. The molecule has 0 saturated carbocycles. The smallest absolute Gasteiger partial charge is 0.371 e. The fourth-order valence-electron chi connectivity index (χ4n) is 3.46. The number of benzene rings is 1. The first-order chi connectivity index (χ1) is 11.1. The summed E-state index contributed by atoms with van der Waals surface area (Å²) in [6.45, 7) is 2.72. The molecule has 0 radical (unpaired) electrons. The highest BCUT2D eigenvalue weighted by Gasteiger charge is 2.23. The molecular formula is C19H23NO3. The van der Waals surface area contributed by atoms with E-state index in [1.807, 2.05) is 6.92 Å². The minimum atomic E-state index is -1.000. The summed E-state index contributed by atoms with van der Waals surface area (Å²) in [6, 6.07) is 10.8. The summed E-state index contributed by atoms with van der Waals surface area (Å²) in [5.74, 6) is -0.176. The van der Waals surface area contributed by atoms with Gasteiger partial charge in [0.2, 0.25) is 5.76 Å². The van der Waals surface area contributed by atoms with Crippen LogP contribution in [-0.4, -0.2) is 29.1 Å². The molecule has 1 heterocycles. The van der Waals surface area contributed by atoms with Crippen molar-refractivity contribution in [2.75, 3.05) is 7.05 Å². The number of aromatic carboxylic acids is 1. The van der Waals surface area contributed by atoms with Crippen molar-refractivity contribution in [3.05, 3.63) is 58.5 Å². The quantitative estimate of drug-likeness (QED) is 0.917. The van der Waals surface area contributed by atoms with Gasteiger partial charge in [-0.05, 0) is 43.5 Å². The lowest BCUT2D eigenvalue weighted by Crippen LogP contribution is -2.36. The Labute approximate surface area is 136 Å². The maximum Gasteiger partial charge on any atom is 0.371 e. The van der Waals surface area contributed by atoms with Crippen molar-refractivity contribution in [1.29, 1.82) is 0 Å². The second kappa shape index (κ2) is 6.59. The number of rotatable bonds is 5. The number of furan rings is 1. The Balaban J connectivity index is 1.73. The first kappa shape index (κ1) is 15.8. The first-order valence-corrected chi connectivity index (χ1v) is 8.20. The molecule has 2 aromatic rings. The molecular weight excluding hydrogens is 290 g/mol. The fourth-order valence-corrected chi connectivity index (χ4v) is 3.46. The Hall–Kier alpha value is -2.07. The molecule has 0 fully saturated rings. The Bertz CT molecular complexity index is 704. The van der Waals surface area contributed by atoms with Crippen molar-refractivity contribution in [3.8, 4) is 0 Å². The van der Waals surface area contributed by atoms with E-state index in [9.17, 15) is 4.79 Å². The lowest BCUT2D eigenvalue weighted by Gasteiger charge is -2.32. The van der Waals surface area contributed by atoms with Gasteiger partial charge < -0.3 is 9.52 Å². The van der Waals surface area contributed by atoms with Crippen molar-refractivity contribution < 1.29 is 14.3 Å². The Kier molecular flexibility index (Phi) is 4.53. The zero-order valence-corrected chi connectivity index (χ0v) is 13.7. The van der Waals surface area contributed by atoms with Gasteiger partial charge in [-0.2, -0.15) is 0 Å². The lowest BCUT2D eigenvalue weighted by molar-refractivity contribution is 0.0660. The number of carbonyl (C=O) groups is 1. The molecule has 0 bridgehead atoms. The van der Waals surface area contributed by atoms with E-state index < -0.39 is 5.97 Å². The molecule has 1 N–H and O–H groups in total. The summed E-state index contributed by atoms with van der Waals surface area (Å²) in [6.07, 6.45) is 4.01. The van der Waals surface area contributed by atoms with Crippen LogP contribution in [0.25, 0.3) is 0 Å². The molecule has 1 atom stereocenters. The Morgan fingerprint density at radius 3 is 2.78 bits per heavy atom. The number of aryl methyl sites for hydroxylation is 2. The first-order valence-electron chi connectivity index (χ1n) is 8.20. The third kappa shape index (κ3) is 3.32. The molecule has 1 aliphatic carbocycles. The van der Waals surface area contributed by atoms with Crippen LogP contribution in [0.1, 0.15) is 46.3 Å². The number of nitrogens with zero attached hydrogens (tertiary/aromatic N) is 1. The molecule has 4 nitrogen and oxygen atoms in total. The maximum atomic E-state index is 11.1. The number of hydrogen-bond donors (Lipinski definition) is 1. The van der Waals surface area contributed by atoms with E-state index in [1.54, 1.807) is 6.07 Å². The van der Waals surface area contributed by atoms with Crippen LogP contribution in [-0.2, 0) is 25.8 Å². The molecule has 0 saturated heterocycles. The van der Waals surface area contributed by atoms with Gasteiger partial charge in [-0.15, -0.1) is 0 Å². The van der Waals surface area contributed by atoms with Gasteiger partial charge >= 0.3 is 5.97 Å². The molecule has 23 heavy (non-hydrogen) atoms. The van der Waals surface area contributed by atoms with Crippen molar-refractivity contribution in [2.24, 2.45) is 0 Å². The van der Waals surface area contributed by atoms with Crippen molar-refractivity contribution in [3.63, 3.8) is 0 Å². The number of carboxylic acids is 1. The summed E-state index contributed by atoms with van der Waals surface area (Å²) >= 11 is 0. The van der Waals surface area contributed by atoms with Gasteiger partial charge in [0, 0.05) is 24.6 Å². The number of fused-ring (bicyclic) bond motifs is 1. The Morgan fingerprint density at radius 2 is 2.09 bits per heavy atom. The summed E-state index contributed by atoms with van der Waals surface area (Å²) in [5, 5.41) is 9.10. The van der Waals surface area contributed by atoms with Crippen LogP contribution in [0, 0.1) is 0 Å². The highest BCUT2D eigenvalue weighted by Crippen LogP contribution is 2.26. The summed E-state index contributed by atoms with van der Waals surface area (Å²) in [5.41, 5.74) is 3.89. The van der Waals surface area contributed by atoms with Gasteiger partial charge in [0.05, 0.1) is 0 Å². The van der Waals surface area contributed by atoms with E-state index >= 15 is 0 Å². The zero-order chi connectivity index (χ0) is 16.4. The fraction of sp³-hybridized carbons (Fsp3) is 0.421. The van der Waals surface area contributed by atoms with E-state index in [2.05, 4.69) is 36.2 Å². The molecule has 4 heteroatoms.